The van der Waals surface area contributed by atoms with E-state index in [-0.39, 0.29) is 17.9 Å². The molecule has 7 nitrogen and oxygen atoms in total. The maximum absolute atomic E-state index is 13.4. The molecule has 5 rings (SSSR count). The third kappa shape index (κ3) is 3.95. The minimum atomic E-state index is -0.788. The maximum atomic E-state index is 13.4. The Hall–Kier alpha value is -4.39. The first-order chi connectivity index (χ1) is 17.0. The summed E-state index contributed by atoms with van der Waals surface area (Å²) in [6.45, 7) is 4.36. The molecule has 35 heavy (non-hydrogen) atoms. The lowest BCUT2D eigenvalue weighted by atomic mass is 9.96. The first-order valence-corrected chi connectivity index (χ1v) is 11.5. The van der Waals surface area contributed by atoms with Gasteiger partial charge in [-0.2, -0.15) is 0 Å². The summed E-state index contributed by atoms with van der Waals surface area (Å²) >= 11 is 0. The highest BCUT2D eigenvalue weighted by Crippen LogP contribution is 2.41. The van der Waals surface area contributed by atoms with Gasteiger partial charge in [0.15, 0.2) is 5.76 Å². The Balaban J connectivity index is 1.71. The number of hydrogen-bond acceptors (Lipinski definition) is 5. The van der Waals surface area contributed by atoms with Crippen LogP contribution in [0.1, 0.15) is 35.5 Å². The number of aryl methyl sites for hydroxylation is 1. The molecule has 0 bridgehead atoms. The van der Waals surface area contributed by atoms with Gasteiger partial charge in [0.05, 0.1) is 23.9 Å². The van der Waals surface area contributed by atoms with E-state index in [0.29, 0.717) is 35.0 Å². The number of benzene rings is 2. The Morgan fingerprint density at radius 3 is 2.57 bits per heavy atom. The molecule has 4 aromatic rings. The molecule has 1 unspecified atom stereocenters. The number of aliphatic hydroxyl groups is 1. The van der Waals surface area contributed by atoms with Crippen LogP contribution >= 0.6 is 0 Å². The number of rotatable bonds is 6. The standard InChI is InChI=1S/C28H25N3O4/c1-3-35-21-13-9-12-20(16-21)25-23(26(32)24-18(2)29-22-14-7-8-15-30(22)24)27(33)28(34)31(25)17-19-10-5-4-6-11-19/h4-16,25,32H,3,17H2,1-2H3. The third-order valence-corrected chi connectivity index (χ3v) is 6.15. The van der Waals surface area contributed by atoms with E-state index in [4.69, 9.17) is 4.74 Å². The molecule has 0 spiro atoms. The number of hydrogen-bond donors (Lipinski definition) is 1. The van der Waals surface area contributed by atoms with Crippen LogP contribution in [0.25, 0.3) is 11.4 Å². The van der Waals surface area contributed by atoms with E-state index in [1.165, 1.54) is 4.90 Å². The molecule has 176 valence electrons. The van der Waals surface area contributed by atoms with Crippen LogP contribution in [0.3, 0.4) is 0 Å². The van der Waals surface area contributed by atoms with Crippen LogP contribution < -0.4 is 4.74 Å². The Morgan fingerprint density at radius 1 is 1.03 bits per heavy atom. The Kier molecular flexibility index (Phi) is 5.82. The van der Waals surface area contributed by atoms with Gasteiger partial charge in [0.25, 0.3) is 11.7 Å². The minimum absolute atomic E-state index is 0.0355. The summed E-state index contributed by atoms with van der Waals surface area (Å²) in [7, 11) is 0. The van der Waals surface area contributed by atoms with Crippen molar-refractivity contribution >= 4 is 23.1 Å². The van der Waals surface area contributed by atoms with E-state index in [0.717, 1.165) is 5.56 Å². The molecular weight excluding hydrogens is 442 g/mol. The van der Waals surface area contributed by atoms with Crippen LogP contribution in [-0.2, 0) is 16.1 Å². The quantitative estimate of drug-likeness (QED) is 0.253. The van der Waals surface area contributed by atoms with Crippen molar-refractivity contribution in [2.24, 2.45) is 0 Å². The van der Waals surface area contributed by atoms with Gasteiger partial charge in [-0.1, -0.05) is 48.5 Å². The van der Waals surface area contributed by atoms with Crippen molar-refractivity contribution in [1.29, 1.82) is 0 Å². The number of aliphatic hydroxyl groups excluding tert-OH is 1. The average molecular weight is 468 g/mol. The van der Waals surface area contributed by atoms with Crippen molar-refractivity contribution in [3.8, 4) is 5.75 Å². The zero-order valence-corrected chi connectivity index (χ0v) is 19.5. The van der Waals surface area contributed by atoms with Gasteiger partial charge in [-0.3, -0.25) is 14.0 Å². The molecule has 0 radical (unpaired) electrons. The molecule has 0 aliphatic carbocycles. The lowest BCUT2D eigenvalue weighted by Crippen LogP contribution is -2.29. The highest BCUT2D eigenvalue weighted by Gasteiger charge is 2.46. The van der Waals surface area contributed by atoms with Gasteiger partial charge < -0.3 is 14.7 Å². The zero-order valence-electron chi connectivity index (χ0n) is 19.5. The van der Waals surface area contributed by atoms with Crippen molar-refractivity contribution in [3.63, 3.8) is 0 Å². The Bertz CT molecular complexity index is 1460. The predicted octanol–water partition coefficient (Wildman–Crippen LogP) is 4.66. The zero-order chi connectivity index (χ0) is 24.5. The average Bonchev–Trinajstić information content (AvgIpc) is 3.33. The monoisotopic (exact) mass is 467 g/mol. The van der Waals surface area contributed by atoms with E-state index < -0.39 is 17.7 Å². The van der Waals surface area contributed by atoms with Crippen molar-refractivity contribution in [1.82, 2.24) is 14.3 Å². The highest BCUT2D eigenvalue weighted by molar-refractivity contribution is 6.46. The number of pyridine rings is 1. The highest BCUT2D eigenvalue weighted by atomic mass is 16.5. The minimum Gasteiger partial charge on any atom is -0.505 e. The summed E-state index contributed by atoms with van der Waals surface area (Å²) in [5.41, 5.74) is 3.19. The first-order valence-electron chi connectivity index (χ1n) is 11.5. The molecule has 1 aliphatic rings. The van der Waals surface area contributed by atoms with E-state index in [9.17, 15) is 14.7 Å². The number of fused-ring (bicyclic) bond motifs is 1. The molecule has 1 aliphatic heterocycles. The summed E-state index contributed by atoms with van der Waals surface area (Å²) in [5, 5.41) is 11.6. The third-order valence-electron chi connectivity index (χ3n) is 6.15. The van der Waals surface area contributed by atoms with Gasteiger partial charge in [0.1, 0.15) is 17.1 Å². The van der Waals surface area contributed by atoms with Crippen LogP contribution in [0.5, 0.6) is 5.75 Å². The molecule has 1 fully saturated rings. The topological polar surface area (TPSA) is 84.1 Å². The molecule has 7 heteroatoms. The summed E-state index contributed by atoms with van der Waals surface area (Å²) in [6, 6.07) is 21.5. The number of ether oxygens (including phenoxy) is 1. The second-order valence-corrected chi connectivity index (χ2v) is 8.39. The van der Waals surface area contributed by atoms with Crippen molar-refractivity contribution in [2.45, 2.75) is 26.4 Å². The van der Waals surface area contributed by atoms with Gasteiger partial charge >= 0.3 is 0 Å². The molecule has 1 atom stereocenters. The molecule has 2 aromatic heterocycles. The largest absolute Gasteiger partial charge is 0.505 e. The predicted molar refractivity (Wildman–Crippen MR) is 132 cm³/mol. The number of carbonyl (C=O) groups excluding carboxylic acids is 2. The van der Waals surface area contributed by atoms with E-state index in [1.807, 2.05) is 79.7 Å². The van der Waals surface area contributed by atoms with Crippen LogP contribution in [-0.4, -0.2) is 37.7 Å². The fraction of sp³-hybridized carbons (Fsp3) is 0.179. The van der Waals surface area contributed by atoms with Gasteiger partial charge in [-0.05, 0) is 49.2 Å². The lowest BCUT2D eigenvalue weighted by Gasteiger charge is -2.26. The van der Waals surface area contributed by atoms with E-state index in [2.05, 4.69) is 4.98 Å². The van der Waals surface area contributed by atoms with E-state index in [1.54, 1.807) is 17.5 Å². The molecule has 0 saturated carbocycles. The molecule has 2 aromatic carbocycles. The van der Waals surface area contributed by atoms with Crippen LogP contribution in [0.2, 0.25) is 0 Å². The van der Waals surface area contributed by atoms with Crippen LogP contribution in [0.15, 0.2) is 84.6 Å². The number of carbonyl (C=O) groups is 2. The Morgan fingerprint density at radius 2 is 1.80 bits per heavy atom. The molecule has 1 amide bonds. The fourth-order valence-electron chi connectivity index (χ4n) is 4.64. The second-order valence-electron chi connectivity index (χ2n) is 8.39. The maximum Gasteiger partial charge on any atom is 0.295 e. The van der Waals surface area contributed by atoms with Crippen molar-refractivity contribution < 1.29 is 19.4 Å². The number of imidazole rings is 1. The number of aromatic nitrogens is 2. The Labute approximate surface area is 202 Å². The molecule has 1 saturated heterocycles. The van der Waals surface area contributed by atoms with Gasteiger partial charge in [-0.15, -0.1) is 0 Å². The summed E-state index contributed by atoms with van der Waals surface area (Å²) in [5.74, 6) is -1.01. The van der Waals surface area contributed by atoms with Gasteiger partial charge in [-0.25, -0.2) is 4.98 Å². The van der Waals surface area contributed by atoms with Gasteiger partial charge in [0.2, 0.25) is 0 Å². The molecule has 1 N–H and O–H groups in total. The SMILES string of the molecule is CCOc1cccc(C2C(=C(O)c3c(C)nc4ccccn34)C(=O)C(=O)N2Cc2ccccc2)c1. The second kappa shape index (κ2) is 9.10. The number of nitrogens with zero attached hydrogens (tertiary/aromatic N) is 3. The van der Waals surface area contributed by atoms with Crippen molar-refractivity contribution in [2.75, 3.05) is 6.61 Å². The summed E-state index contributed by atoms with van der Waals surface area (Å²) < 4.78 is 7.40. The number of amides is 1. The normalized spacial score (nSPS) is 17.3. The molecular formula is C28H25N3O4. The van der Waals surface area contributed by atoms with Gasteiger partial charge in [0, 0.05) is 12.7 Å². The number of ketones is 1. The smallest absolute Gasteiger partial charge is 0.295 e. The summed E-state index contributed by atoms with van der Waals surface area (Å²) in [6.07, 6.45) is 1.77. The number of likely N-dealkylation sites (tertiary alicyclic amines) is 1. The van der Waals surface area contributed by atoms with Crippen LogP contribution in [0, 0.1) is 6.92 Å². The van der Waals surface area contributed by atoms with Crippen LogP contribution in [0.4, 0.5) is 0 Å². The van der Waals surface area contributed by atoms with E-state index >= 15 is 0 Å². The fourth-order valence-corrected chi connectivity index (χ4v) is 4.64. The molecule has 3 heterocycles. The lowest BCUT2D eigenvalue weighted by molar-refractivity contribution is -0.140. The summed E-state index contributed by atoms with van der Waals surface area (Å²) in [4.78, 5) is 32.7. The first kappa shape index (κ1) is 22.4. The number of Topliss-reactive ketones (excluding diaryl/α,β-unsaturated/α-hetero) is 1. The van der Waals surface area contributed by atoms with Crippen molar-refractivity contribution in [3.05, 3.63) is 107 Å².